The third-order valence-electron chi connectivity index (χ3n) is 5.13. The lowest BCUT2D eigenvalue weighted by Crippen LogP contribution is -2.50. The Balaban J connectivity index is 2.48. The molecule has 112 valence electrons. The van der Waals surface area contributed by atoms with Gasteiger partial charge in [-0.2, -0.15) is 0 Å². The summed E-state index contributed by atoms with van der Waals surface area (Å²) in [6.45, 7) is 11.1. The van der Waals surface area contributed by atoms with Crippen LogP contribution in [-0.2, 0) is 4.79 Å². The predicted octanol–water partition coefficient (Wildman–Crippen LogP) is 3.08. The van der Waals surface area contributed by atoms with Crippen molar-refractivity contribution in [1.29, 1.82) is 0 Å². The van der Waals surface area contributed by atoms with E-state index in [0.717, 1.165) is 5.92 Å². The third kappa shape index (κ3) is 4.48. The molecule has 0 spiro atoms. The Morgan fingerprint density at radius 1 is 1.26 bits per heavy atom. The normalized spacial score (nSPS) is 26.4. The molecule has 0 aromatic rings. The molecule has 0 radical (unpaired) electrons. The molecule has 1 aliphatic carbocycles. The van der Waals surface area contributed by atoms with Crippen LogP contribution in [0, 0.1) is 17.3 Å². The first kappa shape index (κ1) is 16.5. The summed E-state index contributed by atoms with van der Waals surface area (Å²) in [5, 5.41) is 3.47. The van der Waals surface area contributed by atoms with Crippen molar-refractivity contribution in [2.75, 3.05) is 0 Å². The van der Waals surface area contributed by atoms with E-state index < -0.39 is 0 Å². The molecule has 3 N–H and O–H groups in total. The van der Waals surface area contributed by atoms with E-state index in [1.54, 1.807) is 0 Å². The molecule has 0 aromatic carbocycles. The van der Waals surface area contributed by atoms with E-state index in [1.807, 2.05) is 13.8 Å². The molecule has 0 aliphatic heterocycles. The van der Waals surface area contributed by atoms with Gasteiger partial charge in [-0.15, -0.1) is 0 Å². The van der Waals surface area contributed by atoms with Crippen LogP contribution in [-0.4, -0.2) is 18.0 Å². The van der Waals surface area contributed by atoms with Gasteiger partial charge in [0.25, 0.3) is 0 Å². The lowest BCUT2D eigenvalue weighted by molar-refractivity contribution is -0.121. The van der Waals surface area contributed by atoms with Gasteiger partial charge in [0.15, 0.2) is 0 Å². The Morgan fingerprint density at radius 2 is 1.79 bits per heavy atom. The van der Waals surface area contributed by atoms with Gasteiger partial charge in [0.2, 0.25) is 5.91 Å². The Kier molecular flexibility index (Phi) is 5.84. The van der Waals surface area contributed by atoms with E-state index in [2.05, 4.69) is 26.1 Å². The van der Waals surface area contributed by atoms with Crippen molar-refractivity contribution in [3.05, 3.63) is 0 Å². The van der Waals surface area contributed by atoms with Gasteiger partial charge in [0.1, 0.15) is 0 Å². The molecule has 1 aliphatic rings. The first-order valence-corrected chi connectivity index (χ1v) is 7.83. The van der Waals surface area contributed by atoms with Gasteiger partial charge in [-0.05, 0) is 42.9 Å². The lowest BCUT2D eigenvalue weighted by Gasteiger charge is -2.40. The van der Waals surface area contributed by atoms with Crippen LogP contribution in [0.2, 0.25) is 0 Å². The number of primary amides is 1. The average Bonchev–Trinajstić information content (AvgIpc) is 2.35. The average molecular weight is 268 g/mol. The minimum absolute atomic E-state index is 0.180. The van der Waals surface area contributed by atoms with Crippen molar-refractivity contribution in [1.82, 2.24) is 5.32 Å². The number of carbonyl (C=O) groups is 1. The predicted molar refractivity (Wildman–Crippen MR) is 80.8 cm³/mol. The second-order valence-corrected chi connectivity index (χ2v) is 7.18. The molecule has 3 nitrogen and oxygen atoms in total. The molecule has 0 saturated heterocycles. The Labute approximate surface area is 118 Å². The molecular weight excluding hydrogens is 236 g/mol. The van der Waals surface area contributed by atoms with Gasteiger partial charge in [0.05, 0.1) is 6.04 Å². The highest BCUT2D eigenvalue weighted by atomic mass is 16.1. The van der Waals surface area contributed by atoms with E-state index in [-0.39, 0.29) is 17.9 Å². The third-order valence-corrected chi connectivity index (χ3v) is 5.13. The topological polar surface area (TPSA) is 55.1 Å². The van der Waals surface area contributed by atoms with Crippen molar-refractivity contribution < 1.29 is 4.79 Å². The first-order valence-electron chi connectivity index (χ1n) is 7.83. The standard InChI is InChI=1S/C16H32N2O/c1-6-16(4,5)12-7-9-13(10-8-12)18-14(11(2)3)15(17)19/h11-14,18H,6-10H2,1-5H3,(H2,17,19). The zero-order valence-corrected chi connectivity index (χ0v) is 13.3. The number of hydrogen-bond donors (Lipinski definition) is 2. The molecule has 0 aromatic heterocycles. The Morgan fingerprint density at radius 3 is 2.16 bits per heavy atom. The number of hydrogen-bond acceptors (Lipinski definition) is 2. The van der Waals surface area contributed by atoms with E-state index in [1.165, 1.54) is 32.1 Å². The van der Waals surface area contributed by atoms with Gasteiger partial charge >= 0.3 is 0 Å². The van der Waals surface area contributed by atoms with Crippen molar-refractivity contribution in [3.63, 3.8) is 0 Å². The van der Waals surface area contributed by atoms with E-state index in [0.29, 0.717) is 11.5 Å². The van der Waals surface area contributed by atoms with Crippen LogP contribution in [0.25, 0.3) is 0 Å². The highest BCUT2D eigenvalue weighted by Crippen LogP contribution is 2.40. The fourth-order valence-electron chi connectivity index (χ4n) is 3.19. The summed E-state index contributed by atoms with van der Waals surface area (Å²) in [6.07, 6.45) is 6.12. The van der Waals surface area contributed by atoms with Crippen molar-refractivity contribution in [3.8, 4) is 0 Å². The summed E-state index contributed by atoms with van der Waals surface area (Å²) >= 11 is 0. The van der Waals surface area contributed by atoms with Gasteiger partial charge in [-0.25, -0.2) is 0 Å². The van der Waals surface area contributed by atoms with Crippen LogP contribution in [0.15, 0.2) is 0 Å². The molecule has 1 fully saturated rings. The Hall–Kier alpha value is -0.570. The maximum absolute atomic E-state index is 11.4. The summed E-state index contributed by atoms with van der Waals surface area (Å²) in [5.74, 6) is 0.870. The summed E-state index contributed by atoms with van der Waals surface area (Å²) < 4.78 is 0. The van der Waals surface area contributed by atoms with Crippen LogP contribution in [0.4, 0.5) is 0 Å². The summed E-state index contributed by atoms with van der Waals surface area (Å²) in [6, 6.07) is 0.282. The highest BCUT2D eigenvalue weighted by molar-refractivity contribution is 5.80. The molecule has 1 saturated carbocycles. The molecule has 1 amide bonds. The van der Waals surface area contributed by atoms with Crippen LogP contribution in [0.3, 0.4) is 0 Å². The van der Waals surface area contributed by atoms with Crippen LogP contribution in [0.5, 0.6) is 0 Å². The van der Waals surface area contributed by atoms with Gasteiger partial charge in [-0.1, -0.05) is 41.0 Å². The molecule has 1 unspecified atom stereocenters. The van der Waals surface area contributed by atoms with Crippen molar-refractivity contribution >= 4 is 5.91 Å². The molecule has 3 heteroatoms. The second-order valence-electron chi connectivity index (χ2n) is 7.18. The van der Waals surface area contributed by atoms with E-state index in [9.17, 15) is 4.79 Å². The molecule has 1 atom stereocenters. The number of nitrogens with one attached hydrogen (secondary N) is 1. The smallest absolute Gasteiger partial charge is 0.234 e. The van der Waals surface area contributed by atoms with E-state index >= 15 is 0 Å². The largest absolute Gasteiger partial charge is 0.368 e. The van der Waals surface area contributed by atoms with Crippen molar-refractivity contribution in [2.24, 2.45) is 23.0 Å². The molecule has 0 heterocycles. The van der Waals surface area contributed by atoms with Gasteiger partial charge in [0, 0.05) is 6.04 Å². The fourth-order valence-corrected chi connectivity index (χ4v) is 3.19. The molecule has 0 bridgehead atoms. The number of nitrogens with two attached hydrogens (primary N) is 1. The van der Waals surface area contributed by atoms with Crippen LogP contribution >= 0.6 is 0 Å². The zero-order valence-electron chi connectivity index (χ0n) is 13.3. The minimum atomic E-state index is -0.217. The summed E-state index contributed by atoms with van der Waals surface area (Å²) in [7, 11) is 0. The summed E-state index contributed by atoms with van der Waals surface area (Å²) in [4.78, 5) is 11.4. The highest BCUT2D eigenvalue weighted by Gasteiger charge is 2.33. The van der Waals surface area contributed by atoms with Gasteiger partial charge in [-0.3, -0.25) is 4.79 Å². The van der Waals surface area contributed by atoms with Crippen molar-refractivity contribution in [2.45, 2.75) is 78.8 Å². The maximum Gasteiger partial charge on any atom is 0.234 e. The Bertz CT molecular complexity index is 291. The summed E-state index contributed by atoms with van der Waals surface area (Å²) in [5.41, 5.74) is 5.92. The number of carbonyl (C=O) groups excluding carboxylic acids is 1. The lowest BCUT2D eigenvalue weighted by atomic mass is 9.69. The first-order chi connectivity index (χ1) is 8.77. The van der Waals surface area contributed by atoms with Gasteiger partial charge < -0.3 is 11.1 Å². The molecular formula is C16H32N2O. The van der Waals surface area contributed by atoms with Crippen LogP contribution in [0.1, 0.15) is 66.7 Å². The quantitative estimate of drug-likeness (QED) is 0.778. The van der Waals surface area contributed by atoms with Crippen LogP contribution < -0.4 is 11.1 Å². The minimum Gasteiger partial charge on any atom is -0.368 e. The second kappa shape index (κ2) is 6.74. The fraction of sp³-hybridized carbons (Fsp3) is 0.938. The van der Waals surface area contributed by atoms with E-state index in [4.69, 9.17) is 5.73 Å². The molecule has 19 heavy (non-hydrogen) atoms. The maximum atomic E-state index is 11.4. The molecule has 1 rings (SSSR count). The zero-order chi connectivity index (χ0) is 14.6. The number of rotatable bonds is 6. The monoisotopic (exact) mass is 268 g/mol. The number of amides is 1. The SMILES string of the molecule is CCC(C)(C)C1CCC(NC(C(N)=O)C(C)C)CC1.